The third-order valence-electron chi connectivity index (χ3n) is 1.93. The first-order valence-electron chi connectivity index (χ1n) is 4.62. The van der Waals surface area contributed by atoms with Crippen molar-refractivity contribution >= 4 is 24.8 Å². The Balaban J connectivity index is 0. The molecule has 0 atom stereocenters. The summed E-state index contributed by atoms with van der Waals surface area (Å²) in [6, 6.07) is 0. The van der Waals surface area contributed by atoms with Crippen molar-refractivity contribution in [2.24, 2.45) is 0 Å². The first kappa shape index (κ1) is 17.1. The molecule has 0 unspecified atom stereocenters. The van der Waals surface area contributed by atoms with Crippen molar-refractivity contribution in [2.45, 2.75) is 32.6 Å². The van der Waals surface area contributed by atoms with E-state index in [1.54, 1.807) is 28.0 Å². The van der Waals surface area contributed by atoms with Crippen LogP contribution in [0.3, 0.4) is 0 Å². The Hall–Kier alpha value is 0.683. The Morgan fingerprint density at radius 1 is 1.43 bits per heavy atom. The number of rotatable bonds is 4. The maximum absolute atomic E-state index is 2.31. The summed E-state index contributed by atoms with van der Waals surface area (Å²) in [6.07, 6.45) is 14.2. The van der Waals surface area contributed by atoms with Gasteiger partial charge in [0.25, 0.3) is 0 Å². The summed E-state index contributed by atoms with van der Waals surface area (Å²) in [5.74, 6) is 0. The van der Waals surface area contributed by atoms with Gasteiger partial charge in [0.05, 0.1) is 0 Å². The van der Waals surface area contributed by atoms with Crippen LogP contribution in [0.2, 0.25) is 0 Å². The van der Waals surface area contributed by atoms with Crippen molar-refractivity contribution < 1.29 is 24.7 Å². The van der Waals surface area contributed by atoms with E-state index >= 15 is 0 Å². The van der Waals surface area contributed by atoms with E-state index < -0.39 is 0 Å². The molecule has 0 aromatic carbocycles. The van der Waals surface area contributed by atoms with E-state index in [1.807, 2.05) is 0 Å². The first-order valence-corrected chi connectivity index (χ1v) is 5.84. The van der Waals surface area contributed by atoms with Crippen molar-refractivity contribution in [3.63, 3.8) is 0 Å². The van der Waals surface area contributed by atoms with Crippen LogP contribution in [0.5, 0.6) is 0 Å². The molecule has 0 fully saturated rings. The molecule has 0 spiro atoms. The fourth-order valence-corrected chi connectivity index (χ4v) is 1.86. The van der Waals surface area contributed by atoms with Crippen LogP contribution in [0.1, 0.15) is 32.6 Å². The number of hydrogen-bond donors (Lipinski definition) is 0. The Labute approximate surface area is 115 Å². The SMILES string of the molecule is CCCCC=CC1=CC[C]([Zr])=C1.Cl.Cl. The molecule has 14 heavy (non-hydrogen) atoms. The van der Waals surface area contributed by atoms with Crippen LogP contribution in [0.15, 0.2) is 33.2 Å². The largest absolute Gasteiger partial charge is 0.147 e. The van der Waals surface area contributed by atoms with Gasteiger partial charge in [0.2, 0.25) is 0 Å². The summed E-state index contributed by atoms with van der Waals surface area (Å²) in [5.41, 5.74) is 1.41. The van der Waals surface area contributed by atoms with Gasteiger partial charge in [-0.3, -0.25) is 0 Å². The van der Waals surface area contributed by atoms with Crippen LogP contribution in [-0.4, -0.2) is 0 Å². The van der Waals surface area contributed by atoms with Crippen molar-refractivity contribution in [3.8, 4) is 0 Å². The molecule has 0 saturated heterocycles. The quantitative estimate of drug-likeness (QED) is 0.678. The van der Waals surface area contributed by atoms with Gasteiger partial charge in [0.1, 0.15) is 0 Å². The maximum atomic E-state index is 2.31. The molecule has 3 heteroatoms. The van der Waals surface area contributed by atoms with E-state index in [0.29, 0.717) is 0 Å². The number of unbranched alkanes of at least 4 members (excludes halogenated alkanes) is 2. The van der Waals surface area contributed by atoms with Gasteiger partial charge in [-0.05, 0) is 0 Å². The normalized spacial score (nSPS) is 14.3. The zero-order chi connectivity index (χ0) is 8.81. The van der Waals surface area contributed by atoms with Gasteiger partial charge in [-0.1, -0.05) is 0 Å². The molecule has 0 radical (unpaired) electrons. The number of halogens is 2. The van der Waals surface area contributed by atoms with Crippen LogP contribution in [0.25, 0.3) is 0 Å². The molecule has 0 nitrogen and oxygen atoms in total. The monoisotopic (exact) mass is 309 g/mol. The molecule has 0 saturated carbocycles. The molecule has 79 valence electrons. The first-order chi connectivity index (χ1) is 5.83. The Bertz CT molecular complexity index is 229. The summed E-state index contributed by atoms with van der Waals surface area (Å²) in [4.78, 5) is 0. The van der Waals surface area contributed by atoms with Gasteiger partial charge in [-0.2, -0.15) is 0 Å². The second-order valence-corrected chi connectivity index (χ2v) is 4.70. The molecule has 0 aliphatic heterocycles. The van der Waals surface area contributed by atoms with E-state index in [1.165, 1.54) is 31.3 Å². The van der Waals surface area contributed by atoms with Crippen LogP contribution in [0.4, 0.5) is 0 Å². The van der Waals surface area contributed by atoms with E-state index in [9.17, 15) is 0 Å². The zero-order valence-electron chi connectivity index (χ0n) is 8.45. The predicted molar refractivity (Wildman–Crippen MR) is 63.9 cm³/mol. The summed E-state index contributed by atoms with van der Waals surface area (Å²) in [7, 11) is 0. The van der Waals surface area contributed by atoms with Gasteiger partial charge < -0.3 is 0 Å². The van der Waals surface area contributed by atoms with Gasteiger partial charge in [0.15, 0.2) is 0 Å². The van der Waals surface area contributed by atoms with Gasteiger partial charge in [-0.25, -0.2) is 0 Å². The summed E-state index contributed by atoms with van der Waals surface area (Å²) < 4.78 is 1.57. The fourth-order valence-electron chi connectivity index (χ4n) is 1.20. The van der Waals surface area contributed by atoms with E-state index in [0.717, 1.165) is 0 Å². The van der Waals surface area contributed by atoms with Crippen molar-refractivity contribution in [2.75, 3.05) is 0 Å². The van der Waals surface area contributed by atoms with Crippen LogP contribution in [-0.2, 0) is 24.7 Å². The molecule has 0 aromatic heterocycles. The maximum Gasteiger partial charge on any atom is -0.147 e. The number of allylic oxidation sites excluding steroid dienone is 6. The van der Waals surface area contributed by atoms with E-state index in [4.69, 9.17) is 0 Å². The van der Waals surface area contributed by atoms with Gasteiger partial charge in [0, 0.05) is 0 Å². The molecular weight excluding hydrogens is 294 g/mol. The van der Waals surface area contributed by atoms with Gasteiger partial charge in [-0.15, -0.1) is 24.8 Å². The van der Waals surface area contributed by atoms with Crippen LogP contribution >= 0.6 is 24.8 Å². The van der Waals surface area contributed by atoms with E-state index in [2.05, 4.69) is 31.2 Å². The third kappa shape index (κ3) is 7.04. The second-order valence-electron chi connectivity index (χ2n) is 3.12. The van der Waals surface area contributed by atoms with Crippen molar-refractivity contribution in [1.29, 1.82) is 0 Å². The van der Waals surface area contributed by atoms with E-state index in [-0.39, 0.29) is 24.8 Å². The topological polar surface area (TPSA) is 0 Å². The summed E-state index contributed by atoms with van der Waals surface area (Å²) in [5, 5.41) is 0. The standard InChI is InChI=1S/C11H15.2ClH.Zr/c1-2-3-4-5-8-11-9-6-7-10-11;;;/h5,8-10H,2-4,6H2,1H3;2*1H;. The smallest absolute Gasteiger partial charge is 0.147 e. The van der Waals surface area contributed by atoms with Crippen molar-refractivity contribution in [3.05, 3.63) is 33.2 Å². The minimum absolute atomic E-state index is 0. The molecule has 1 aliphatic carbocycles. The van der Waals surface area contributed by atoms with Crippen LogP contribution < -0.4 is 0 Å². The minimum Gasteiger partial charge on any atom is -0.147 e. The summed E-state index contributed by atoms with van der Waals surface area (Å²) >= 11 is 1.56. The van der Waals surface area contributed by atoms with Gasteiger partial charge >= 0.3 is 90.5 Å². The summed E-state index contributed by atoms with van der Waals surface area (Å²) in [6.45, 7) is 2.23. The molecular formula is C11H17Cl2Zr. The second kappa shape index (κ2) is 10.2. The fraction of sp³-hybridized carbons (Fsp3) is 0.455. The molecule has 0 aromatic rings. The molecule has 1 rings (SSSR count). The third-order valence-corrected chi connectivity index (χ3v) is 2.79. The zero-order valence-corrected chi connectivity index (χ0v) is 12.5. The molecule has 0 bridgehead atoms. The Morgan fingerprint density at radius 2 is 2.14 bits per heavy atom. The average molecular weight is 311 g/mol. The number of hydrogen-bond acceptors (Lipinski definition) is 0. The molecule has 1 aliphatic rings. The predicted octanol–water partition coefficient (Wildman–Crippen LogP) is 4.34. The van der Waals surface area contributed by atoms with Crippen molar-refractivity contribution in [1.82, 2.24) is 0 Å². The Morgan fingerprint density at radius 3 is 2.64 bits per heavy atom. The Kier molecular flexibility index (Phi) is 12.5. The molecule has 0 amide bonds. The molecule has 0 heterocycles. The average Bonchev–Trinajstić information content (AvgIpc) is 2.45. The molecule has 0 N–H and O–H groups in total. The minimum atomic E-state index is 0. The van der Waals surface area contributed by atoms with Crippen LogP contribution in [0, 0.1) is 0 Å².